The van der Waals surface area contributed by atoms with Crippen LogP contribution in [0.1, 0.15) is 75.6 Å². The zero-order valence-corrected chi connectivity index (χ0v) is 21.7. The van der Waals surface area contributed by atoms with Crippen molar-refractivity contribution in [3.63, 3.8) is 0 Å². The fourth-order valence-electron chi connectivity index (χ4n) is 4.23. The Labute approximate surface area is 218 Å². The highest BCUT2D eigenvalue weighted by Gasteiger charge is 2.44. The van der Waals surface area contributed by atoms with E-state index in [-0.39, 0.29) is 48.0 Å². The topological polar surface area (TPSA) is 119 Å². The van der Waals surface area contributed by atoms with Crippen molar-refractivity contribution < 1.29 is 24.0 Å². The van der Waals surface area contributed by atoms with Crippen LogP contribution in [0.2, 0.25) is 0 Å². The zero-order valence-electron chi connectivity index (χ0n) is 21.7. The van der Waals surface area contributed by atoms with E-state index in [1.165, 1.54) is 29.2 Å². The number of rotatable bonds is 12. The number of non-ortho nitro benzene ring substituents is 1. The fourth-order valence-corrected chi connectivity index (χ4v) is 4.23. The number of unbranched alkanes of at least 4 members (excludes halogenated alkanes) is 4. The Kier molecular flexibility index (Phi) is 11.8. The minimum absolute atomic E-state index is 0.0100. The number of benzene rings is 1. The van der Waals surface area contributed by atoms with Gasteiger partial charge in [-0.15, -0.1) is 18.9 Å². The molecule has 1 aromatic carbocycles. The molecule has 0 unspecified atom stereocenters. The summed E-state index contributed by atoms with van der Waals surface area (Å²) in [5, 5.41) is 13.7. The first kappa shape index (κ1) is 29.6. The normalized spacial score (nSPS) is 21.6. The second kappa shape index (κ2) is 14.8. The van der Waals surface area contributed by atoms with Crippen LogP contribution < -0.4 is 5.32 Å². The van der Waals surface area contributed by atoms with Gasteiger partial charge in [0.2, 0.25) is 11.8 Å². The molecule has 0 radical (unpaired) electrons. The molecule has 2 amide bonds. The molecule has 200 valence electrons. The first-order chi connectivity index (χ1) is 17.8. The average molecular weight is 512 g/mol. The van der Waals surface area contributed by atoms with Crippen molar-refractivity contribution in [3.8, 4) is 12.3 Å². The van der Waals surface area contributed by atoms with Gasteiger partial charge in [-0.1, -0.05) is 32.8 Å². The summed E-state index contributed by atoms with van der Waals surface area (Å²) >= 11 is 0. The molecule has 2 aliphatic rings. The van der Waals surface area contributed by atoms with E-state index in [0.717, 1.165) is 32.1 Å². The maximum atomic E-state index is 13.0. The molecule has 1 aliphatic heterocycles. The lowest BCUT2D eigenvalue weighted by Crippen LogP contribution is -2.46. The third kappa shape index (κ3) is 8.74. The molecule has 1 aromatic rings. The summed E-state index contributed by atoms with van der Waals surface area (Å²) in [5.41, 5.74) is 0.0292. The number of carbonyl (C=O) groups excluding carboxylic acids is 3. The number of ether oxygens (including phenoxy) is 1. The van der Waals surface area contributed by atoms with Crippen molar-refractivity contribution in [2.45, 2.75) is 83.4 Å². The smallest absolute Gasteiger partial charge is 0.338 e. The summed E-state index contributed by atoms with van der Waals surface area (Å²) in [6.07, 6.45) is 12.5. The van der Waals surface area contributed by atoms with E-state index in [1.54, 1.807) is 0 Å². The Hall–Kier alpha value is -3.67. The highest BCUT2D eigenvalue weighted by molar-refractivity contribution is 5.91. The number of hydrogen-bond acceptors (Lipinski definition) is 6. The number of esters is 1. The van der Waals surface area contributed by atoms with E-state index >= 15 is 0 Å². The Balaban J connectivity index is 0.00000235. The van der Waals surface area contributed by atoms with Gasteiger partial charge >= 0.3 is 5.97 Å². The number of nitrogens with zero attached hydrogens (tertiary/aromatic N) is 2. The average Bonchev–Trinajstić information content (AvgIpc) is 3.52. The van der Waals surface area contributed by atoms with Gasteiger partial charge in [0.05, 0.1) is 17.0 Å². The molecule has 1 aliphatic carbocycles. The van der Waals surface area contributed by atoms with Crippen molar-refractivity contribution in [3.05, 3.63) is 52.6 Å². The number of likely N-dealkylation sites (tertiary alicyclic amines) is 1. The lowest BCUT2D eigenvalue weighted by atomic mass is 10.1. The van der Waals surface area contributed by atoms with Crippen LogP contribution in [-0.4, -0.2) is 52.3 Å². The minimum Gasteiger partial charge on any atom is -0.457 e. The van der Waals surface area contributed by atoms with Crippen LogP contribution in [0.25, 0.3) is 0 Å². The van der Waals surface area contributed by atoms with Gasteiger partial charge in [-0.05, 0) is 37.8 Å². The number of nitro benzene ring substituents is 1. The molecule has 0 bridgehead atoms. The Morgan fingerprint density at radius 1 is 1.19 bits per heavy atom. The lowest BCUT2D eigenvalue weighted by Gasteiger charge is -2.23. The predicted molar refractivity (Wildman–Crippen MR) is 141 cm³/mol. The van der Waals surface area contributed by atoms with Crippen LogP contribution >= 0.6 is 0 Å². The molecule has 2 fully saturated rings. The van der Waals surface area contributed by atoms with Gasteiger partial charge in [-0.2, -0.15) is 0 Å². The van der Waals surface area contributed by atoms with Gasteiger partial charge in [0.15, 0.2) is 0 Å². The molecule has 1 saturated heterocycles. The van der Waals surface area contributed by atoms with E-state index in [9.17, 15) is 24.5 Å². The van der Waals surface area contributed by atoms with Crippen LogP contribution in [0.4, 0.5) is 5.69 Å². The van der Waals surface area contributed by atoms with Gasteiger partial charge in [-0.3, -0.25) is 19.7 Å². The molecule has 37 heavy (non-hydrogen) atoms. The summed E-state index contributed by atoms with van der Waals surface area (Å²) < 4.78 is 5.57. The summed E-state index contributed by atoms with van der Waals surface area (Å²) in [4.78, 5) is 50.2. The van der Waals surface area contributed by atoms with Crippen LogP contribution in [0.15, 0.2) is 36.9 Å². The largest absolute Gasteiger partial charge is 0.457 e. The Bertz CT molecular complexity index is 1000. The first-order valence-corrected chi connectivity index (χ1v) is 13.0. The number of allylic oxidation sites excluding steroid dienone is 1. The van der Waals surface area contributed by atoms with E-state index in [1.807, 2.05) is 19.9 Å². The quantitative estimate of drug-likeness (QED) is 0.111. The van der Waals surface area contributed by atoms with Crippen molar-refractivity contribution in [2.75, 3.05) is 6.54 Å². The number of amides is 2. The third-order valence-corrected chi connectivity index (χ3v) is 6.35. The highest BCUT2D eigenvalue weighted by atomic mass is 16.6. The number of nitrogens with one attached hydrogen (secondary N) is 1. The molecule has 4 atom stereocenters. The molecule has 3 rings (SSSR count). The lowest BCUT2D eigenvalue weighted by molar-refractivity contribution is -0.384. The summed E-state index contributed by atoms with van der Waals surface area (Å²) in [6, 6.07) is 4.27. The standard InChI is InChI=1S/C26H31N3O6.C2H6/c1-3-5-6-7-8-9-10-24(30)28-17-21(16-23(28)25(31)27-22-15-18(22)4-2)35-26(32)19-11-13-20(14-12-19)29(33)34;1-2/h2-3,11-14,18,21-23H,1,5-10,15-17H2,(H,27,31);1-2H3/t18-,21-,22-,23+;/m1./s1. The Morgan fingerprint density at radius 3 is 2.46 bits per heavy atom. The number of hydrogen-bond donors (Lipinski definition) is 1. The number of nitro groups is 1. The van der Waals surface area contributed by atoms with Gasteiger partial charge in [0.1, 0.15) is 12.1 Å². The van der Waals surface area contributed by atoms with Gasteiger partial charge < -0.3 is 15.0 Å². The molecular weight excluding hydrogens is 474 g/mol. The monoisotopic (exact) mass is 511 g/mol. The maximum absolute atomic E-state index is 13.0. The van der Waals surface area contributed by atoms with Crippen LogP contribution in [0.3, 0.4) is 0 Å². The molecular formula is C28H37N3O6. The second-order valence-electron chi connectivity index (χ2n) is 8.99. The van der Waals surface area contributed by atoms with Crippen molar-refractivity contribution in [2.24, 2.45) is 5.92 Å². The maximum Gasteiger partial charge on any atom is 0.338 e. The van der Waals surface area contributed by atoms with Crippen LogP contribution in [0, 0.1) is 28.4 Å². The Morgan fingerprint density at radius 2 is 1.86 bits per heavy atom. The van der Waals surface area contributed by atoms with E-state index < -0.39 is 23.0 Å². The van der Waals surface area contributed by atoms with Gasteiger partial charge in [0, 0.05) is 36.9 Å². The predicted octanol–water partition coefficient (Wildman–Crippen LogP) is 4.41. The SMILES string of the molecule is C#C[C@@H]1C[C@H]1NC(=O)[C@@H]1C[C@@H](OC(=O)c2ccc([N+](=O)[O-])cc2)CN1C(=O)CCCCCCC=C.CC. The van der Waals surface area contributed by atoms with E-state index in [0.29, 0.717) is 12.8 Å². The molecule has 9 nitrogen and oxygen atoms in total. The van der Waals surface area contributed by atoms with Gasteiger partial charge in [-0.25, -0.2) is 4.79 Å². The van der Waals surface area contributed by atoms with Crippen molar-refractivity contribution in [1.29, 1.82) is 0 Å². The van der Waals surface area contributed by atoms with E-state index in [2.05, 4.69) is 17.8 Å². The van der Waals surface area contributed by atoms with Crippen LogP contribution in [0.5, 0.6) is 0 Å². The number of terminal acetylenes is 1. The molecule has 9 heteroatoms. The molecule has 1 saturated carbocycles. The molecule has 1 heterocycles. The van der Waals surface area contributed by atoms with Crippen molar-refractivity contribution in [1.82, 2.24) is 10.2 Å². The molecule has 0 aromatic heterocycles. The summed E-state index contributed by atoms with van der Waals surface area (Å²) in [6.45, 7) is 7.82. The second-order valence-corrected chi connectivity index (χ2v) is 8.99. The van der Waals surface area contributed by atoms with Crippen molar-refractivity contribution >= 4 is 23.5 Å². The van der Waals surface area contributed by atoms with Gasteiger partial charge in [0.25, 0.3) is 5.69 Å². The molecule has 1 N–H and O–H groups in total. The highest BCUT2D eigenvalue weighted by Crippen LogP contribution is 2.30. The summed E-state index contributed by atoms with van der Waals surface area (Å²) in [7, 11) is 0. The first-order valence-electron chi connectivity index (χ1n) is 13.0. The van der Waals surface area contributed by atoms with E-state index in [4.69, 9.17) is 11.2 Å². The molecule has 0 spiro atoms. The minimum atomic E-state index is -0.739. The summed E-state index contributed by atoms with van der Waals surface area (Å²) in [5.74, 6) is 1.53. The number of carbonyl (C=O) groups is 3. The third-order valence-electron chi connectivity index (χ3n) is 6.35. The zero-order chi connectivity index (χ0) is 27.4. The fraction of sp³-hybridized carbons (Fsp3) is 0.536. The van der Waals surface area contributed by atoms with Crippen LogP contribution in [-0.2, 0) is 14.3 Å².